The molecule has 1 aromatic carbocycles. The van der Waals surface area contributed by atoms with Crippen molar-refractivity contribution in [2.75, 3.05) is 18.5 Å². The van der Waals surface area contributed by atoms with Crippen molar-refractivity contribution in [1.29, 1.82) is 0 Å². The SMILES string of the molecule is C[C@H](O)CCNc1cccc2c1OCC2C=N/C=C/C=C1/C(CC(=O)O)[I-]O[C@H]1C. The van der Waals surface area contributed by atoms with Gasteiger partial charge in [0.15, 0.2) is 0 Å². The van der Waals surface area contributed by atoms with Gasteiger partial charge in [0.1, 0.15) is 0 Å². The van der Waals surface area contributed by atoms with E-state index in [0.717, 1.165) is 22.6 Å². The van der Waals surface area contributed by atoms with Gasteiger partial charge in [-0.3, -0.25) is 0 Å². The van der Waals surface area contributed by atoms with Crippen LogP contribution in [0.2, 0.25) is 0 Å². The molecule has 0 saturated carbocycles. The second kappa shape index (κ2) is 10.9. The molecule has 0 aliphatic carbocycles. The predicted molar refractivity (Wildman–Crippen MR) is 112 cm³/mol. The molecule has 8 heteroatoms. The van der Waals surface area contributed by atoms with Crippen LogP contribution in [0.5, 0.6) is 5.75 Å². The monoisotopic (exact) mass is 527 g/mol. The number of fused-ring (bicyclic) bond motifs is 1. The summed E-state index contributed by atoms with van der Waals surface area (Å²) in [5.41, 5.74) is 3.07. The fraction of sp³-hybridized carbons (Fsp3) is 0.455. The van der Waals surface area contributed by atoms with Crippen LogP contribution in [-0.4, -0.2) is 51.7 Å². The van der Waals surface area contributed by atoms with Crippen LogP contribution in [0.4, 0.5) is 5.69 Å². The second-order valence-corrected chi connectivity index (χ2v) is 9.92. The van der Waals surface area contributed by atoms with Gasteiger partial charge in [-0.2, -0.15) is 0 Å². The molecule has 0 radical (unpaired) electrons. The van der Waals surface area contributed by atoms with Crippen LogP contribution in [0.25, 0.3) is 0 Å². The number of nitrogens with one attached hydrogen (secondary N) is 1. The van der Waals surface area contributed by atoms with Gasteiger partial charge in [0.25, 0.3) is 0 Å². The van der Waals surface area contributed by atoms with Crippen LogP contribution in [0, 0.1) is 0 Å². The van der Waals surface area contributed by atoms with Crippen molar-refractivity contribution in [1.82, 2.24) is 0 Å². The molecule has 2 aliphatic rings. The van der Waals surface area contributed by atoms with E-state index in [0.29, 0.717) is 19.6 Å². The Morgan fingerprint density at radius 2 is 2.30 bits per heavy atom. The molecule has 4 atom stereocenters. The van der Waals surface area contributed by atoms with E-state index in [2.05, 4.69) is 10.3 Å². The third kappa shape index (κ3) is 6.05. The van der Waals surface area contributed by atoms with Gasteiger partial charge in [-0.05, 0) is 13.3 Å². The Bertz CT molecular complexity index is 837. The van der Waals surface area contributed by atoms with Crippen molar-refractivity contribution in [2.45, 2.75) is 48.7 Å². The molecule has 30 heavy (non-hydrogen) atoms. The molecular formula is C22H28IN2O5-. The standard InChI is InChI=1S/C22H28IN2O5/c1-14(26)8-10-25-20-7-3-5-18-16(13-29-22(18)20)12-24-9-4-6-17-15(2)30-23-19(17)11-21(27)28/h3-7,9,12,14-16,19,25-26H,8,10-11,13H2,1-2H3,(H,27,28)/q-1/b9-4+,17-6+,24-12?/t14-,15-,16?,19?/m0/s1. The van der Waals surface area contributed by atoms with Crippen LogP contribution in [0.3, 0.4) is 0 Å². The molecule has 1 fully saturated rings. The normalized spacial score (nSPS) is 26.0. The fourth-order valence-electron chi connectivity index (χ4n) is 3.35. The summed E-state index contributed by atoms with van der Waals surface area (Å²) in [4.78, 5) is 15.4. The topological polar surface area (TPSA) is 100 Å². The minimum absolute atomic E-state index is 0.0226. The number of hydrogen-bond donors (Lipinski definition) is 3. The third-order valence-electron chi connectivity index (χ3n) is 4.93. The molecule has 3 N–H and O–H groups in total. The number of hydrogen-bond acceptors (Lipinski definition) is 6. The minimum atomic E-state index is -0.787. The average molecular weight is 527 g/mol. The van der Waals surface area contributed by atoms with E-state index in [4.69, 9.17) is 12.9 Å². The molecular weight excluding hydrogens is 499 g/mol. The summed E-state index contributed by atoms with van der Waals surface area (Å²) in [5.74, 6) is 0.142. The zero-order valence-corrected chi connectivity index (χ0v) is 19.3. The molecule has 0 amide bonds. The van der Waals surface area contributed by atoms with Crippen LogP contribution in [0.15, 0.2) is 47.1 Å². The summed E-state index contributed by atoms with van der Waals surface area (Å²) < 4.78 is 11.6. The number of anilines is 1. The van der Waals surface area contributed by atoms with Crippen LogP contribution in [0.1, 0.15) is 38.2 Å². The Morgan fingerprint density at radius 1 is 1.47 bits per heavy atom. The van der Waals surface area contributed by atoms with Crippen molar-refractivity contribution in [3.05, 3.63) is 47.7 Å². The van der Waals surface area contributed by atoms with Gasteiger partial charge < -0.3 is 5.11 Å². The molecule has 0 spiro atoms. The zero-order chi connectivity index (χ0) is 21.5. The Hall–Kier alpha value is -1.91. The quantitative estimate of drug-likeness (QED) is 0.240. The van der Waals surface area contributed by atoms with Crippen molar-refractivity contribution >= 4 is 17.9 Å². The first-order chi connectivity index (χ1) is 14.5. The van der Waals surface area contributed by atoms with E-state index in [-0.39, 0.29) is 28.5 Å². The summed E-state index contributed by atoms with van der Waals surface area (Å²) in [6.07, 6.45) is 7.82. The molecule has 164 valence electrons. The van der Waals surface area contributed by atoms with Gasteiger partial charge in [-0.1, -0.05) is 0 Å². The Labute approximate surface area is 187 Å². The number of nitrogens with zero attached hydrogens (tertiary/aromatic N) is 1. The molecule has 1 aromatic rings. The van der Waals surface area contributed by atoms with Crippen molar-refractivity contribution < 1.29 is 44.4 Å². The zero-order valence-electron chi connectivity index (χ0n) is 17.1. The summed E-state index contributed by atoms with van der Waals surface area (Å²) in [7, 11) is 0. The van der Waals surface area contributed by atoms with Gasteiger partial charge >= 0.3 is 157 Å². The van der Waals surface area contributed by atoms with Gasteiger partial charge in [-0.15, -0.1) is 0 Å². The van der Waals surface area contributed by atoms with Gasteiger partial charge in [0.05, 0.1) is 6.10 Å². The third-order valence-corrected chi connectivity index (χ3v) is 7.76. The van der Waals surface area contributed by atoms with E-state index < -0.39 is 27.6 Å². The number of aliphatic imine (C=N–C) groups is 1. The first-order valence-electron chi connectivity index (χ1n) is 10.0. The number of carboxylic acids is 1. The Morgan fingerprint density at radius 3 is 3.07 bits per heavy atom. The van der Waals surface area contributed by atoms with E-state index in [1.807, 2.05) is 43.5 Å². The van der Waals surface area contributed by atoms with Crippen molar-refractivity contribution in [3.8, 4) is 5.75 Å². The second-order valence-electron chi connectivity index (χ2n) is 7.40. The van der Waals surface area contributed by atoms with Crippen LogP contribution < -0.4 is 31.7 Å². The van der Waals surface area contributed by atoms with Crippen molar-refractivity contribution in [2.24, 2.45) is 4.99 Å². The molecule has 0 aromatic heterocycles. The molecule has 0 bridgehead atoms. The number of alkyl halides is 1. The van der Waals surface area contributed by atoms with Crippen LogP contribution >= 0.6 is 0 Å². The number of aliphatic hydroxyl groups excluding tert-OH is 1. The fourth-order valence-corrected chi connectivity index (χ4v) is 6.00. The molecule has 2 heterocycles. The number of allylic oxidation sites excluding steroid dienone is 2. The van der Waals surface area contributed by atoms with Crippen LogP contribution in [-0.2, 0) is 7.86 Å². The van der Waals surface area contributed by atoms with E-state index in [9.17, 15) is 9.90 Å². The number of ether oxygens (including phenoxy) is 1. The maximum absolute atomic E-state index is 11.0. The van der Waals surface area contributed by atoms with E-state index in [1.54, 1.807) is 13.1 Å². The van der Waals surface area contributed by atoms with Gasteiger partial charge in [-0.25, -0.2) is 0 Å². The number of rotatable bonds is 9. The number of carboxylic acid groups (broad SMARTS) is 1. The number of aliphatic carboxylic acids is 1. The van der Waals surface area contributed by atoms with E-state index >= 15 is 0 Å². The summed E-state index contributed by atoms with van der Waals surface area (Å²) >= 11 is -0.571. The first kappa shape index (κ1) is 22.8. The predicted octanol–water partition coefficient (Wildman–Crippen LogP) is 0.122. The Kier molecular flexibility index (Phi) is 8.29. The molecule has 7 nitrogen and oxygen atoms in total. The number of para-hydroxylation sites is 1. The van der Waals surface area contributed by atoms with Gasteiger partial charge in [0.2, 0.25) is 0 Å². The number of carbonyl (C=O) groups is 1. The maximum atomic E-state index is 11.0. The molecule has 3 rings (SSSR count). The summed E-state index contributed by atoms with van der Waals surface area (Å²) in [5, 5.41) is 21.8. The molecule has 2 aliphatic heterocycles. The van der Waals surface area contributed by atoms with Crippen molar-refractivity contribution in [3.63, 3.8) is 0 Å². The number of benzene rings is 1. The van der Waals surface area contributed by atoms with E-state index in [1.165, 1.54) is 0 Å². The summed E-state index contributed by atoms with van der Waals surface area (Å²) in [6, 6.07) is 6.02. The number of halogens is 1. The first-order valence-corrected chi connectivity index (χ1v) is 12.2. The molecule has 1 saturated heterocycles. The summed E-state index contributed by atoms with van der Waals surface area (Å²) in [6.45, 7) is 4.96. The average Bonchev–Trinajstić information content (AvgIpc) is 3.26. The Balaban J connectivity index is 1.60. The van der Waals surface area contributed by atoms with Gasteiger partial charge in [0, 0.05) is 6.54 Å². The molecule has 2 unspecified atom stereocenters. The number of aliphatic hydroxyl groups is 1.